The third-order valence-corrected chi connectivity index (χ3v) is 4.16. The molecule has 0 amide bonds. The Morgan fingerprint density at radius 3 is 2.94 bits per heavy atom. The zero-order valence-corrected chi connectivity index (χ0v) is 10.9. The summed E-state index contributed by atoms with van der Waals surface area (Å²) in [5.41, 5.74) is 5.21. The Morgan fingerprint density at radius 2 is 2.12 bits per heavy atom. The molecule has 1 aromatic carbocycles. The summed E-state index contributed by atoms with van der Waals surface area (Å²) >= 11 is 0. The van der Waals surface area contributed by atoms with Gasteiger partial charge in [-0.2, -0.15) is 0 Å². The molecule has 1 heterocycles. The minimum absolute atomic E-state index is 0. The first-order valence-corrected chi connectivity index (χ1v) is 6.01. The largest absolute Gasteiger partial charge is 0.312 e. The second-order valence-corrected chi connectivity index (χ2v) is 5.63. The third-order valence-electron chi connectivity index (χ3n) is 4.16. The van der Waals surface area contributed by atoms with Gasteiger partial charge in [0, 0.05) is 13.1 Å². The molecule has 2 heteroatoms. The lowest BCUT2D eigenvalue weighted by Gasteiger charge is -2.40. The van der Waals surface area contributed by atoms with Crippen LogP contribution in [-0.4, -0.2) is 6.54 Å². The van der Waals surface area contributed by atoms with Gasteiger partial charge in [-0.15, -0.1) is 12.4 Å². The van der Waals surface area contributed by atoms with Gasteiger partial charge in [0.1, 0.15) is 0 Å². The van der Waals surface area contributed by atoms with Crippen molar-refractivity contribution >= 4 is 12.4 Å². The smallest absolute Gasteiger partial charge is 0.0208 e. The molecule has 0 aromatic heterocycles. The highest BCUT2D eigenvalue weighted by Crippen LogP contribution is 2.44. The van der Waals surface area contributed by atoms with Crippen LogP contribution in [0, 0.1) is 0 Å². The average Bonchev–Trinajstić information content (AvgIpc) is 2.24. The molecule has 2 aliphatic rings. The monoisotopic (exact) mass is 237 g/mol. The first-order valence-electron chi connectivity index (χ1n) is 6.01. The summed E-state index contributed by atoms with van der Waals surface area (Å²) in [6.07, 6.45) is 2.68. The number of halogens is 1. The minimum Gasteiger partial charge on any atom is -0.312 e. The van der Waals surface area contributed by atoms with E-state index in [9.17, 15) is 0 Å². The Morgan fingerprint density at radius 1 is 1.31 bits per heavy atom. The van der Waals surface area contributed by atoms with Gasteiger partial charge in [0.05, 0.1) is 0 Å². The number of benzene rings is 1. The van der Waals surface area contributed by atoms with E-state index in [-0.39, 0.29) is 12.4 Å². The molecule has 1 aliphatic carbocycles. The first-order chi connectivity index (χ1) is 7.18. The van der Waals surface area contributed by atoms with Crippen molar-refractivity contribution in [3.63, 3.8) is 0 Å². The maximum absolute atomic E-state index is 3.53. The summed E-state index contributed by atoms with van der Waals surface area (Å²) in [6.45, 7) is 7.03. The van der Waals surface area contributed by atoms with E-state index in [1.54, 1.807) is 11.1 Å². The molecule has 1 atom stereocenters. The first kappa shape index (κ1) is 11.9. The van der Waals surface area contributed by atoms with Crippen LogP contribution >= 0.6 is 12.4 Å². The summed E-state index contributed by atoms with van der Waals surface area (Å²) in [4.78, 5) is 0. The molecule has 1 unspecified atom stereocenters. The van der Waals surface area contributed by atoms with Gasteiger partial charge in [0.25, 0.3) is 0 Å². The zero-order valence-electron chi connectivity index (χ0n) is 10.0. The van der Waals surface area contributed by atoms with Crippen molar-refractivity contribution in [2.24, 2.45) is 0 Å². The van der Waals surface area contributed by atoms with Crippen molar-refractivity contribution in [1.29, 1.82) is 0 Å². The molecule has 88 valence electrons. The van der Waals surface area contributed by atoms with Crippen LogP contribution in [0.15, 0.2) is 18.2 Å². The van der Waals surface area contributed by atoms with Crippen LogP contribution < -0.4 is 5.32 Å². The van der Waals surface area contributed by atoms with Crippen molar-refractivity contribution in [3.05, 3.63) is 34.9 Å². The Kier molecular flexibility index (Phi) is 3.02. The molecule has 1 aliphatic heterocycles. The average molecular weight is 238 g/mol. The highest BCUT2D eigenvalue weighted by Gasteiger charge is 2.35. The SMILES string of the molecule is CC1(C)CCC2CNCc3cccc1c32.Cl. The standard InChI is InChI=1S/C14H19N.ClH/c1-14(2)7-6-11-9-15-8-10-4-3-5-12(14)13(10)11;/h3-5,11,15H,6-9H2,1-2H3;1H. The number of hydrogen-bond donors (Lipinski definition) is 1. The van der Waals surface area contributed by atoms with Gasteiger partial charge in [-0.1, -0.05) is 32.0 Å². The molecule has 1 aromatic rings. The van der Waals surface area contributed by atoms with Crippen LogP contribution in [0.4, 0.5) is 0 Å². The molecule has 0 saturated carbocycles. The highest BCUT2D eigenvalue weighted by atomic mass is 35.5. The lowest BCUT2D eigenvalue weighted by atomic mass is 9.67. The predicted octanol–water partition coefficient (Wildman–Crippen LogP) is 3.37. The Balaban J connectivity index is 0.000000963. The van der Waals surface area contributed by atoms with Crippen molar-refractivity contribution in [1.82, 2.24) is 5.32 Å². The molecule has 3 rings (SSSR count). The second-order valence-electron chi connectivity index (χ2n) is 5.63. The van der Waals surface area contributed by atoms with Crippen LogP contribution in [0.3, 0.4) is 0 Å². The number of rotatable bonds is 0. The lowest BCUT2D eigenvalue weighted by Crippen LogP contribution is -2.36. The fourth-order valence-electron chi connectivity index (χ4n) is 3.24. The minimum atomic E-state index is 0. The van der Waals surface area contributed by atoms with Gasteiger partial charge in [-0.3, -0.25) is 0 Å². The maximum Gasteiger partial charge on any atom is 0.0208 e. The van der Waals surface area contributed by atoms with Crippen molar-refractivity contribution in [2.45, 2.75) is 44.6 Å². The molecular weight excluding hydrogens is 218 g/mol. The van der Waals surface area contributed by atoms with Gasteiger partial charge >= 0.3 is 0 Å². The summed E-state index contributed by atoms with van der Waals surface area (Å²) in [5, 5.41) is 3.53. The third kappa shape index (κ3) is 1.66. The molecule has 0 bridgehead atoms. The quantitative estimate of drug-likeness (QED) is 0.730. The molecule has 0 saturated heterocycles. The Hall–Kier alpha value is -0.530. The van der Waals surface area contributed by atoms with E-state index in [2.05, 4.69) is 37.4 Å². The second kappa shape index (κ2) is 4.05. The van der Waals surface area contributed by atoms with E-state index in [0.29, 0.717) is 5.41 Å². The zero-order chi connectivity index (χ0) is 10.5. The van der Waals surface area contributed by atoms with Gasteiger partial charge in [-0.25, -0.2) is 0 Å². The fraction of sp³-hybridized carbons (Fsp3) is 0.571. The van der Waals surface area contributed by atoms with Crippen molar-refractivity contribution in [3.8, 4) is 0 Å². The molecular formula is C14H20ClN. The van der Waals surface area contributed by atoms with Crippen molar-refractivity contribution in [2.75, 3.05) is 6.54 Å². The fourth-order valence-corrected chi connectivity index (χ4v) is 3.24. The summed E-state index contributed by atoms with van der Waals surface area (Å²) in [6, 6.07) is 6.86. The van der Waals surface area contributed by atoms with Crippen molar-refractivity contribution < 1.29 is 0 Å². The lowest BCUT2D eigenvalue weighted by molar-refractivity contribution is 0.368. The molecule has 1 nitrogen and oxygen atoms in total. The van der Waals surface area contributed by atoms with Gasteiger partial charge < -0.3 is 5.32 Å². The number of nitrogens with one attached hydrogen (secondary N) is 1. The molecule has 0 spiro atoms. The highest BCUT2D eigenvalue weighted by molar-refractivity contribution is 5.85. The summed E-state index contributed by atoms with van der Waals surface area (Å²) in [5.74, 6) is 0.776. The molecule has 0 radical (unpaired) electrons. The van der Waals surface area contributed by atoms with E-state index in [4.69, 9.17) is 0 Å². The van der Waals surface area contributed by atoms with Gasteiger partial charge in [0.15, 0.2) is 0 Å². The van der Waals surface area contributed by atoms with Crippen LogP contribution in [0.5, 0.6) is 0 Å². The normalized spacial score (nSPS) is 25.5. The number of hydrogen-bond acceptors (Lipinski definition) is 1. The Bertz CT molecular complexity index is 398. The van der Waals surface area contributed by atoms with Gasteiger partial charge in [-0.05, 0) is 40.9 Å². The summed E-state index contributed by atoms with van der Waals surface area (Å²) in [7, 11) is 0. The van der Waals surface area contributed by atoms with E-state index in [1.165, 1.54) is 24.9 Å². The van der Waals surface area contributed by atoms with Crippen LogP contribution in [0.25, 0.3) is 0 Å². The molecule has 0 fully saturated rings. The predicted molar refractivity (Wildman–Crippen MR) is 70.4 cm³/mol. The van der Waals surface area contributed by atoms with Gasteiger partial charge in [0.2, 0.25) is 0 Å². The van der Waals surface area contributed by atoms with Crippen LogP contribution in [0.2, 0.25) is 0 Å². The Labute approximate surface area is 104 Å². The van der Waals surface area contributed by atoms with E-state index in [1.807, 2.05) is 0 Å². The van der Waals surface area contributed by atoms with E-state index < -0.39 is 0 Å². The van der Waals surface area contributed by atoms with Crippen LogP contribution in [0.1, 0.15) is 49.3 Å². The van der Waals surface area contributed by atoms with E-state index in [0.717, 1.165) is 12.5 Å². The van der Waals surface area contributed by atoms with Crippen LogP contribution in [-0.2, 0) is 12.0 Å². The summed E-state index contributed by atoms with van der Waals surface area (Å²) < 4.78 is 0. The molecule has 16 heavy (non-hydrogen) atoms. The topological polar surface area (TPSA) is 12.0 Å². The maximum atomic E-state index is 3.53. The van der Waals surface area contributed by atoms with E-state index >= 15 is 0 Å². The molecule has 1 N–H and O–H groups in total.